The van der Waals surface area contributed by atoms with Crippen molar-refractivity contribution in [2.45, 2.75) is 71.1 Å². The van der Waals surface area contributed by atoms with E-state index in [0.29, 0.717) is 23.2 Å². The third kappa shape index (κ3) is 3.84. The van der Waals surface area contributed by atoms with Gasteiger partial charge in [0.05, 0.1) is 0 Å². The molecule has 0 aromatic carbocycles. The number of rotatable bonds is 3. The lowest BCUT2D eigenvalue weighted by Crippen LogP contribution is -2.45. The van der Waals surface area contributed by atoms with E-state index < -0.39 is 0 Å². The summed E-state index contributed by atoms with van der Waals surface area (Å²) in [5.41, 5.74) is 0.605. The summed E-state index contributed by atoms with van der Waals surface area (Å²) < 4.78 is 0. The largest absolute Gasteiger partial charge is 0.343 e. The first-order valence-electron chi connectivity index (χ1n) is 9.67. The molecule has 0 bridgehead atoms. The van der Waals surface area contributed by atoms with Gasteiger partial charge >= 0.3 is 0 Å². The van der Waals surface area contributed by atoms with Crippen molar-refractivity contribution in [3.63, 3.8) is 0 Å². The van der Waals surface area contributed by atoms with Gasteiger partial charge < -0.3 is 10.2 Å². The molecule has 3 aliphatic rings. The first-order valence-corrected chi connectivity index (χ1v) is 9.67. The van der Waals surface area contributed by atoms with Gasteiger partial charge in [0.15, 0.2) is 0 Å². The van der Waals surface area contributed by atoms with E-state index in [1.165, 1.54) is 57.8 Å². The van der Waals surface area contributed by atoms with E-state index in [2.05, 4.69) is 17.1 Å². The second-order valence-corrected chi connectivity index (χ2v) is 8.23. The van der Waals surface area contributed by atoms with Crippen LogP contribution in [0.3, 0.4) is 0 Å². The zero-order valence-electron chi connectivity index (χ0n) is 14.4. The Morgan fingerprint density at radius 2 is 1.86 bits per heavy atom. The molecule has 3 fully saturated rings. The van der Waals surface area contributed by atoms with Crippen LogP contribution in [0.4, 0.5) is 0 Å². The molecule has 22 heavy (non-hydrogen) atoms. The van der Waals surface area contributed by atoms with Crippen LogP contribution in [-0.4, -0.2) is 37.0 Å². The molecule has 1 amide bonds. The fourth-order valence-corrected chi connectivity index (χ4v) is 4.97. The minimum absolute atomic E-state index is 0.420. The van der Waals surface area contributed by atoms with Crippen LogP contribution in [0, 0.1) is 17.3 Å². The van der Waals surface area contributed by atoms with Gasteiger partial charge in [-0.05, 0) is 68.9 Å². The fraction of sp³-hybridized carbons (Fsp3) is 0.947. The number of nitrogens with zero attached hydrogens (tertiary/aromatic N) is 1. The summed E-state index contributed by atoms with van der Waals surface area (Å²) in [7, 11) is 0. The number of hydrogen-bond acceptors (Lipinski definition) is 2. The molecule has 1 saturated carbocycles. The molecule has 2 heterocycles. The molecule has 3 rings (SSSR count). The second kappa shape index (κ2) is 7.33. The smallest absolute Gasteiger partial charge is 0.222 e. The molecule has 0 aromatic rings. The Labute approximate surface area is 136 Å². The van der Waals surface area contributed by atoms with Crippen LogP contribution in [0.2, 0.25) is 0 Å². The van der Waals surface area contributed by atoms with E-state index in [0.717, 1.165) is 32.6 Å². The molecule has 3 nitrogen and oxygen atoms in total. The van der Waals surface area contributed by atoms with Crippen molar-refractivity contribution in [3.8, 4) is 0 Å². The van der Waals surface area contributed by atoms with E-state index in [-0.39, 0.29) is 0 Å². The third-order valence-corrected chi connectivity index (χ3v) is 6.73. The van der Waals surface area contributed by atoms with E-state index in [1.54, 1.807) is 0 Å². The van der Waals surface area contributed by atoms with Gasteiger partial charge in [-0.25, -0.2) is 0 Å². The Hall–Kier alpha value is -0.570. The normalized spacial score (nSPS) is 30.2. The quantitative estimate of drug-likeness (QED) is 0.864. The van der Waals surface area contributed by atoms with Gasteiger partial charge in [-0.15, -0.1) is 0 Å². The van der Waals surface area contributed by atoms with E-state index in [1.807, 2.05) is 0 Å². The van der Waals surface area contributed by atoms with Crippen molar-refractivity contribution in [1.29, 1.82) is 0 Å². The Balaban J connectivity index is 1.45. The predicted octanol–water partition coefficient (Wildman–Crippen LogP) is 3.59. The average molecular weight is 306 g/mol. The van der Waals surface area contributed by atoms with Crippen molar-refractivity contribution in [2.75, 3.05) is 26.2 Å². The minimum Gasteiger partial charge on any atom is -0.343 e. The van der Waals surface area contributed by atoms with Crippen molar-refractivity contribution in [1.82, 2.24) is 10.2 Å². The highest BCUT2D eigenvalue weighted by atomic mass is 16.2. The monoisotopic (exact) mass is 306 g/mol. The van der Waals surface area contributed by atoms with Gasteiger partial charge in [-0.1, -0.05) is 26.2 Å². The number of carbonyl (C=O) groups is 1. The summed E-state index contributed by atoms with van der Waals surface area (Å²) in [6.45, 7) is 6.59. The van der Waals surface area contributed by atoms with E-state index in [4.69, 9.17) is 0 Å². The number of nitrogens with one attached hydrogen (secondary N) is 1. The van der Waals surface area contributed by atoms with Gasteiger partial charge in [0.2, 0.25) is 5.91 Å². The van der Waals surface area contributed by atoms with Crippen molar-refractivity contribution in [2.24, 2.45) is 17.3 Å². The van der Waals surface area contributed by atoms with Crippen molar-refractivity contribution < 1.29 is 4.79 Å². The molecule has 3 heteroatoms. The Morgan fingerprint density at radius 1 is 1.14 bits per heavy atom. The highest BCUT2D eigenvalue weighted by Crippen LogP contribution is 2.44. The topological polar surface area (TPSA) is 32.3 Å². The lowest BCUT2D eigenvalue weighted by Gasteiger charge is -2.44. The number of carbonyl (C=O) groups excluding carboxylic acids is 1. The second-order valence-electron chi connectivity index (χ2n) is 8.23. The van der Waals surface area contributed by atoms with Crippen molar-refractivity contribution >= 4 is 5.91 Å². The Kier molecular flexibility index (Phi) is 5.43. The molecule has 2 unspecified atom stereocenters. The summed E-state index contributed by atoms with van der Waals surface area (Å²) in [6.07, 6.45) is 12.9. The third-order valence-electron chi connectivity index (χ3n) is 6.73. The number of likely N-dealkylation sites (tertiary alicyclic amines) is 1. The fourth-order valence-electron chi connectivity index (χ4n) is 4.97. The predicted molar refractivity (Wildman–Crippen MR) is 90.7 cm³/mol. The SMILES string of the molecule is CC(CC(=O)N1CCC2(CCCCC2)CC1)C1CCCNC1. The molecule has 1 aliphatic carbocycles. The van der Waals surface area contributed by atoms with Gasteiger partial charge in [-0.2, -0.15) is 0 Å². The summed E-state index contributed by atoms with van der Waals surface area (Å²) in [4.78, 5) is 14.8. The molecule has 0 radical (unpaired) electrons. The maximum Gasteiger partial charge on any atom is 0.222 e. The zero-order chi connectivity index (χ0) is 15.4. The molecule has 2 saturated heterocycles. The van der Waals surface area contributed by atoms with Crippen LogP contribution in [0.25, 0.3) is 0 Å². The maximum atomic E-state index is 12.6. The maximum absolute atomic E-state index is 12.6. The summed E-state index contributed by atoms with van der Waals surface area (Å²) in [6, 6.07) is 0. The molecule has 126 valence electrons. The lowest BCUT2D eigenvalue weighted by atomic mass is 9.68. The minimum atomic E-state index is 0.420. The van der Waals surface area contributed by atoms with Gasteiger partial charge in [-0.3, -0.25) is 4.79 Å². The highest BCUT2D eigenvalue weighted by Gasteiger charge is 2.37. The summed E-state index contributed by atoms with van der Waals surface area (Å²) >= 11 is 0. The lowest BCUT2D eigenvalue weighted by molar-refractivity contribution is -0.135. The molecule has 0 aromatic heterocycles. The van der Waals surface area contributed by atoms with Crippen LogP contribution in [0.15, 0.2) is 0 Å². The number of amides is 1. The molecule has 2 aliphatic heterocycles. The van der Waals surface area contributed by atoms with Crippen LogP contribution < -0.4 is 5.32 Å². The summed E-state index contributed by atoms with van der Waals surface area (Å²) in [5.74, 6) is 1.65. The molecular weight excluding hydrogens is 272 g/mol. The standard InChI is InChI=1S/C19H34N2O/c1-16(17-6-5-11-20-15-17)14-18(22)21-12-9-19(10-13-21)7-3-2-4-8-19/h16-17,20H,2-15H2,1H3. The summed E-state index contributed by atoms with van der Waals surface area (Å²) in [5, 5.41) is 3.48. The van der Waals surface area contributed by atoms with Crippen LogP contribution in [0.1, 0.15) is 71.1 Å². The zero-order valence-corrected chi connectivity index (χ0v) is 14.4. The Morgan fingerprint density at radius 3 is 2.50 bits per heavy atom. The highest BCUT2D eigenvalue weighted by molar-refractivity contribution is 5.76. The van der Waals surface area contributed by atoms with E-state index >= 15 is 0 Å². The number of piperidine rings is 2. The first kappa shape index (κ1) is 16.3. The number of hydrogen-bond donors (Lipinski definition) is 1. The van der Waals surface area contributed by atoms with Crippen LogP contribution in [0.5, 0.6) is 0 Å². The van der Waals surface area contributed by atoms with Gasteiger partial charge in [0.1, 0.15) is 0 Å². The average Bonchev–Trinajstić information content (AvgIpc) is 2.57. The van der Waals surface area contributed by atoms with Gasteiger partial charge in [0, 0.05) is 19.5 Å². The molecular formula is C19H34N2O. The van der Waals surface area contributed by atoms with E-state index in [9.17, 15) is 4.79 Å². The molecule has 2 atom stereocenters. The van der Waals surface area contributed by atoms with Crippen LogP contribution in [-0.2, 0) is 4.79 Å². The van der Waals surface area contributed by atoms with Crippen LogP contribution >= 0.6 is 0 Å². The van der Waals surface area contributed by atoms with Gasteiger partial charge in [0.25, 0.3) is 0 Å². The first-order chi connectivity index (χ1) is 10.7. The molecule has 1 N–H and O–H groups in total. The van der Waals surface area contributed by atoms with Crippen molar-refractivity contribution in [3.05, 3.63) is 0 Å². The molecule has 1 spiro atoms. The Bertz CT molecular complexity index is 360.